The van der Waals surface area contributed by atoms with E-state index in [9.17, 15) is 0 Å². The fraction of sp³-hybridized carbons (Fsp3) is 0.600. The Morgan fingerprint density at radius 1 is 1.41 bits per heavy atom. The molecule has 2 rings (SSSR count). The summed E-state index contributed by atoms with van der Waals surface area (Å²) < 4.78 is 0. The molecule has 17 heavy (non-hydrogen) atoms. The van der Waals surface area contributed by atoms with Crippen LogP contribution in [-0.4, -0.2) is 12.6 Å². The van der Waals surface area contributed by atoms with E-state index in [4.69, 9.17) is 11.6 Å². The maximum absolute atomic E-state index is 6.29. The molecule has 1 saturated carbocycles. The first kappa shape index (κ1) is 12.9. The summed E-state index contributed by atoms with van der Waals surface area (Å²) in [6.07, 6.45) is 5.03. The lowest BCUT2D eigenvalue weighted by Crippen LogP contribution is -2.25. The van der Waals surface area contributed by atoms with E-state index in [1.165, 1.54) is 30.4 Å². The Kier molecular flexibility index (Phi) is 4.47. The maximum Gasteiger partial charge on any atom is 0.0440 e. The van der Waals surface area contributed by atoms with Gasteiger partial charge in [0.05, 0.1) is 0 Å². The van der Waals surface area contributed by atoms with Gasteiger partial charge in [0.25, 0.3) is 0 Å². The molecule has 1 aromatic carbocycles. The van der Waals surface area contributed by atoms with Gasteiger partial charge < -0.3 is 5.32 Å². The minimum absolute atomic E-state index is 0.704. The monoisotopic (exact) mass is 251 g/mol. The second-order valence-electron chi connectivity index (χ2n) is 5.26. The first-order chi connectivity index (χ1) is 8.19. The average Bonchev–Trinajstić information content (AvgIpc) is 3.11. The molecule has 0 amide bonds. The Balaban J connectivity index is 1.91. The summed E-state index contributed by atoms with van der Waals surface area (Å²) in [7, 11) is 0. The Hall–Kier alpha value is -0.530. The molecular formula is C15H22ClN. The van der Waals surface area contributed by atoms with Crippen molar-refractivity contribution in [3.05, 3.63) is 34.3 Å². The van der Waals surface area contributed by atoms with E-state index in [1.807, 2.05) is 0 Å². The fourth-order valence-corrected chi connectivity index (χ4v) is 2.42. The Morgan fingerprint density at radius 3 is 2.76 bits per heavy atom. The molecule has 0 aromatic heterocycles. The molecule has 0 radical (unpaired) electrons. The van der Waals surface area contributed by atoms with Crippen molar-refractivity contribution < 1.29 is 0 Å². The highest BCUT2D eigenvalue weighted by Gasteiger charge is 2.21. The predicted octanol–water partition coefficient (Wildman–Crippen LogP) is 3.97. The van der Waals surface area contributed by atoms with E-state index >= 15 is 0 Å². The number of aryl methyl sites for hydroxylation is 1. The third-order valence-corrected chi connectivity index (χ3v) is 3.92. The molecule has 1 nitrogen and oxygen atoms in total. The van der Waals surface area contributed by atoms with Gasteiger partial charge in [0.15, 0.2) is 0 Å². The molecule has 0 spiro atoms. The smallest absolute Gasteiger partial charge is 0.0440 e. The number of rotatable bonds is 6. The van der Waals surface area contributed by atoms with E-state index in [0.717, 1.165) is 24.0 Å². The second-order valence-corrected chi connectivity index (χ2v) is 5.66. The third-order valence-electron chi connectivity index (χ3n) is 3.57. The van der Waals surface area contributed by atoms with Crippen LogP contribution in [0.25, 0.3) is 0 Å². The van der Waals surface area contributed by atoms with Crippen LogP contribution in [0.1, 0.15) is 37.3 Å². The van der Waals surface area contributed by atoms with Crippen LogP contribution in [-0.2, 0) is 6.42 Å². The highest BCUT2D eigenvalue weighted by atomic mass is 35.5. The van der Waals surface area contributed by atoms with Crippen molar-refractivity contribution in [2.75, 3.05) is 6.54 Å². The number of hydrogen-bond acceptors (Lipinski definition) is 1. The SMILES string of the molecule is CCC(CNC1CC1)Cc1ccc(C)cc1Cl. The van der Waals surface area contributed by atoms with Gasteiger partial charge in [-0.15, -0.1) is 0 Å². The van der Waals surface area contributed by atoms with Crippen LogP contribution in [0.3, 0.4) is 0 Å². The van der Waals surface area contributed by atoms with Crippen molar-refractivity contribution in [1.82, 2.24) is 5.32 Å². The minimum Gasteiger partial charge on any atom is -0.314 e. The quantitative estimate of drug-likeness (QED) is 0.807. The van der Waals surface area contributed by atoms with Crippen molar-refractivity contribution in [2.45, 2.75) is 45.6 Å². The fourth-order valence-electron chi connectivity index (χ4n) is 2.11. The lowest BCUT2D eigenvalue weighted by atomic mass is 9.96. The highest BCUT2D eigenvalue weighted by molar-refractivity contribution is 6.31. The zero-order valence-corrected chi connectivity index (χ0v) is 11.6. The Morgan fingerprint density at radius 2 is 2.18 bits per heavy atom. The summed E-state index contributed by atoms with van der Waals surface area (Å²) in [5.41, 5.74) is 2.53. The molecule has 1 aliphatic carbocycles. The van der Waals surface area contributed by atoms with Crippen LogP contribution in [0, 0.1) is 12.8 Å². The summed E-state index contributed by atoms with van der Waals surface area (Å²) in [6, 6.07) is 7.20. The average molecular weight is 252 g/mol. The summed E-state index contributed by atoms with van der Waals surface area (Å²) in [5, 5.41) is 4.54. The first-order valence-electron chi connectivity index (χ1n) is 6.67. The normalized spacial score (nSPS) is 17.1. The molecule has 0 aliphatic heterocycles. The van der Waals surface area contributed by atoms with Crippen LogP contribution >= 0.6 is 11.6 Å². The minimum atomic E-state index is 0.704. The Labute approximate surface area is 110 Å². The molecule has 0 saturated heterocycles. The largest absolute Gasteiger partial charge is 0.314 e. The van der Waals surface area contributed by atoms with E-state index < -0.39 is 0 Å². The van der Waals surface area contributed by atoms with Crippen LogP contribution in [0.15, 0.2) is 18.2 Å². The van der Waals surface area contributed by atoms with E-state index in [1.54, 1.807) is 0 Å². The van der Waals surface area contributed by atoms with Gasteiger partial charge in [-0.05, 0) is 55.8 Å². The van der Waals surface area contributed by atoms with E-state index in [-0.39, 0.29) is 0 Å². The van der Waals surface area contributed by atoms with Gasteiger partial charge in [-0.1, -0.05) is 37.1 Å². The molecule has 1 fully saturated rings. The zero-order chi connectivity index (χ0) is 12.3. The van der Waals surface area contributed by atoms with Crippen molar-refractivity contribution in [3.63, 3.8) is 0 Å². The van der Waals surface area contributed by atoms with Crippen molar-refractivity contribution in [2.24, 2.45) is 5.92 Å². The molecule has 1 N–H and O–H groups in total. The van der Waals surface area contributed by atoms with Crippen molar-refractivity contribution in [3.8, 4) is 0 Å². The predicted molar refractivity (Wildman–Crippen MR) is 74.7 cm³/mol. The Bertz CT molecular complexity index is 371. The van der Waals surface area contributed by atoms with E-state index in [0.29, 0.717) is 5.92 Å². The second kappa shape index (κ2) is 5.88. The van der Waals surface area contributed by atoms with Gasteiger partial charge in [0.1, 0.15) is 0 Å². The molecule has 1 atom stereocenters. The summed E-state index contributed by atoms with van der Waals surface area (Å²) in [4.78, 5) is 0. The molecule has 1 aliphatic rings. The van der Waals surface area contributed by atoms with Crippen LogP contribution in [0.5, 0.6) is 0 Å². The summed E-state index contributed by atoms with van der Waals surface area (Å²) in [5.74, 6) is 0.704. The van der Waals surface area contributed by atoms with Crippen molar-refractivity contribution >= 4 is 11.6 Å². The molecule has 0 heterocycles. The molecule has 1 aromatic rings. The number of hydrogen-bond donors (Lipinski definition) is 1. The molecule has 94 valence electrons. The molecule has 0 bridgehead atoms. The standard InChI is InChI=1S/C15H22ClN/c1-3-12(10-17-14-6-7-14)9-13-5-4-11(2)8-15(13)16/h4-5,8,12,14,17H,3,6-7,9-10H2,1-2H3. The van der Waals surface area contributed by atoms with Gasteiger partial charge in [-0.25, -0.2) is 0 Å². The van der Waals surface area contributed by atoms with Crippen molar-refractivity contribution in [1.29, 1.82) is 0 Å². The lowest BCUT2D eigenvalue weighted by Gasteiger charge is -2.16. The zero-order valence-electron chi connectivity index (χ0n) is 10.8. The van der Waals surface area contributed by atoms with Gasteiger partial charge in [-0.3, -0.25) is 0 Å². The summed E-state index contributed by atoms with van der Waals surface area (Å²) in [6.45, 7) is 5.48. The summed E-state index contributed by atoms with van der Waals surface area (Å²) >= 11 is 6.29. The van der Waals surface area contributed by atoms with Crippen LogP contribution in [0.4, 0.5) is 0 Å². The van der Waals surface area contributed by atoms with Gasteiger partial charge in [0, 0.05) is 11.1 Å². The van der Waals surface area contributed by atoms with E-state index in [2.05, 4.69) is 37.4 Å². The lowest BCUT2D eigenvalue weighted by molar-refractivity contribution is 0.458. The van der Waals surface area contributed by atoms with Gasteiger partial charge >= 0.3 is 0 Å². The highest BCUT2D eigenvalue weighted by Crippen LogP contribution is 2.23. The van der Waals surface area contributed by atoms with Gasteiger partial charge in [0.2, 0.25) is 0 Å². The third kappa shape index (κ3) is 4.01. The maximum atomic E-state index is 6.29. The van der Waals surface area contributed by atoms with Crippen LogP contribution in [0.2, 0.25) is 5.02 Å². The molecular weight excluding hydrogens is 230 g/mol. The number of halogens is 1. The first-order valence-corrected chi connectivity index (χ1v) is 7.05. The van der Waals surface area contributed by atoms with Crippen LogP contribution < -0.4 is 5.32 Å². The van der Waals surface area contributed by atoms with Gasteiger partial charge in [-0.2, -0.15) is 0 Å². The number of benzene rings is 1. The number of nitrogens with one attached hydrogen (secondary N) is 1. The molecule has 2 heteroatoms. The molecule has 1 unspecified atom stereocenters. The topological polar surface area (TPSA) is 12.0 Å².